The van der Waals surface area contributed by atoms with Crippen molar-refractivity contribution in [3.8, 4) is 0 Å². The lowest BCUT2D eigenvalue weighted by atomic mass is 10.1. The Morgan fingerprint density at radius 3 is 2.63 bits per heavy atom. The second-order valence-corrected chi connectivity index (χ2v) is 9.42. The largest absolute Gasteiger partial charge is 0.462 e. The van der Waals surface area contributed by atoms with Gasteiger partial charge in [0.15, 0.2) is 0 Å². The van der Waals surface area contributed by atoms with Gasteiger partial charge in [0, 0.05) is 23.3 Å². The molecule has 2 aliphatic rings. The van der Waals surface area contributed by atoms with Gasteiger partial charge < -0.3 is 9.64 Å². The lowest BCUT2D eigenvalue weighted by Crippen LogP contribution is -2.36. The Bertz CT molecular complexity index is 1110. The third-order valence-corrected chi connectivity index (χ3v) is 6.75. The standard InChI is InChI=1S/C22H24N2O5S/c1-3-29-22(26)16-5-4-6-18(12-16)23-30(27,28)19-9-10-20-17(13-19)11-14(2)24(20)21(25)15-7-8-15/h4-6,9-10,12-15,23H,3,7-8,11H2,1-2H3. The molecule has 0 spiro atoms. The van der Waals surface area contributed by atoms with Crippen molar-refractivity contribution in [3.63, 3.8) is 0 Å². The minimum atomic E-state index is -3.85. The fourth-order valence-corrected chi connectivity index (χ4v) is 4.88. The van der Waals surface area contributed by atoms with Crippen LogP contribution >= 0.6 is 0 Å². The van der Waals surface area contributed by atoms with E-state index in [2.05, 4.69) is 4.72 Å². The number of ether oxygens (including phenoxy) is 1. The number of hydrogen-bond acceptors (Lipinski definition) is 5. The summed E-state index contributed by atoms with van der Waals surface area (Å²) < 4.78 is 33.3. The average molecular weight is 429 g/mol. The van der Waals surface area contributed by atoms with Crippen LogP contribution in [-0.4, -0.2) is 32.9 Å². The van der Waals surface area contributed by atoms with Crippen LogP contribution in [-0.2, 0) is 26.0 Å². The Morgan fingerprint density at radius 1 is 1.17 bits per heavy atom. The van der Waals surface area contributed by atoms with Crippen molar-refractivity contribution in [2.45, 2.75) is 44.0 Å². The third-order valence-electron chi connectivity index (χ3n) is 5.37. The van der Waals surface area contributed by atoms with E-state index in [1.807, 2.05) is 6.92 Å². The molecule has 1 atom stereocenters. The summed E-state index contributed by atoms with van der Waals surface area (Å²) in [6, 6.07) is 11.1. The molecule has 0 saturated heterocycles. The van der Waals surface area contributed by atoms with Gasteiger partial charge >= 0.3 is 5.97 Å². The molecule has 4 rings (SSSR count). The molecule has 2 aromatic carbocycles. The topological polar surface area (TPSA) is 92.8 Å². The lowest BCUT2D eigenvalue weighted by molar-refractivity contribution is -0.120. The van der Waals surface area contributed by atoms with E-state index in [1.165, 1.54) is 12.1 Å². The van der Waals surface area contributed by atoms with Crippen molar-refractivity contribution in [2.24, 2.45) is 5.92 Å². The Balaban J connectivity index is 1.57. The Kier molecular flexibility index (Phi) is 5.27. The van der Waals surface area contributed by atoms with Crippen LogP contribution in [0.25, 0.3) is 0 Å². The molecule has 1 saturated carbocycles. The van der Waals surface area contributed by atoms with Crippen LogP contribution in [0.2, 0.25) is 0 Å². The number of sulfonamides is 1. The predicted molar refractivity (Wildman–Crippen MR) is 113 cm³/mol. The molecule has 1 aliphatic heterocycles. The van der Waals surface area contributed by atoms with Crippen molar-refractivity contribution in [1.82, 2.24) is 0 Å². The summed E-state index contributed by atoms with van der Waals surface area (Å²) in [6.45, 7) is 3.93. The first-order chi connectivity index (χ1) is 14.3. The molecule has 0 radical (unpaired) electrons. The van der Waals surface area contributed by atoms with Crippen molar-refractivity contribution >= 4 is 33.3 Å². The maximum absolute atomic E-state index is 12.9. The van der Waals surface area contributed by atoms with E-state index >= 15 is 0 Å². The molecule has 1 unspecified atom stereocenters. The van der Waals surface area contributed by atoms with Crippen molar-refractivity contribution in [2.75, 3.05) is 16.2 Å². The first-order valence-corrected chi connectivity index (χ1v) is 11.5. The predicted octanol–water partition coefficient (Wildman–Crippen LogP) is 3.35. The van der Waals surface area contributed by atoms with Crippen LogP contribution in [0.4, 0.5) is 11.4 Å². The second kappa shape index (κ2) is 7.75. The first-order valence-electron chi connectivity index (χ1n) is 10.1. The molecule has 1 fully saturated rings. The van der Waals surface area contributed by atoms with E-state index in [-0.39, 0.29) is 40.6 Å². The Labute approximate surface area is 176 Å². The van der Waals surface area contributed by atoms with Crippen LogP contribution < -0.4 is 9.62 Å². The number of amides is 1. The highest BCUT2D eigenvalue weighted by molar-refractivity contribution is 7.92. The number of esters is 1. The Hall–Kier alpha value is -2.87. The van der Waals surface area contributed by atoms with Crippen molar-refractivity contribution < 1.29 is 22.7 Å². The molecular weight excluding hydrogens is 404 g/mol. The number of hydrogen-bond donors (Lipinski definition) is 1. The third kappa shape index (κ3) is 3.92. The number of nitrogens with zero attached hydrogens (tertiary/aromatic N) is 1. The number of fused-ring (bicyclic) bond motifs is 1. The zero-order chi connectivity index (χ0) is 21.5. The van der Waals surface area contributed by atoms with Crippen molar-refractivity contribution in [3.05, 3.63) is 53.6 Å². The quantitative estimate of drug-likeness (QED) is 0.713. The van der Waals surface area contributed by atoms with Crippen molar-refractivity contribution in [1.29, 1.82) is 0 Å². The van der Waals surface area contributed by atoms with Crippen LogP contribution in [0, 0.1) is 5.92 Å². The van der Waals surface area contributed by atoms with Crippen LogP contribution in [0.5, 0.6) is 0 Å². The van der Waals surface area contributed by atoms with Gasteiger partial charge in [-0.05, 0) is 75.1 Å². The van der Waals surface area contributed by atoms with E-state index in [0.717, 1.165) is 24.1 Å². The molecule has 1 heterocycles. The minimum Gasteiger partial charge on any atom is -0.462 e. The summed E-state index contributed by atoms with van der Waals surface area (Å²) in [5, 5.41) is 0. The molecule has 1 N–H and O–H groups in total. The fraction of sp³-hybridized carbons (Fsp3) is 0.364. The highest BCUT2D eigenvalue weighted by Crippen LogP contribution is 2.39. The summed E-state index contributed by atoms with van der Waals surface area (Å²) in [5.41, 5.74) is 2.19. The van der Waals surface area contributed by atoms with Crippen LogP contribution in [0.1, 0.15) is 42.6 Å². The number of carbonyl (C=O) groups is 2. The molecule has 1 aliphatic carbocycles. The van der Waals surface area contributed by atoms with E-state index in [1.54, 1.807) is 42.2 Å². The molecule has 7 nitrogen and oxygen atoms in total. The molecule has 0 aromatic heterocycles. The smallest absolute Gasteiger partial charge is 0.338 e. The van der Waals surface area contributed by atoms with Gasteiger partial charge in [0.1, 0.15) is 0 Å². The zero-order valence-electron chi connectivity index (χ0n) is 16.9. The fourth-order valence-electron chi connectivity index (χ4n) is 3.78. The van der Waals surface area contributed by atoms with Gasteiger partial charge in [0.05, 0.1) is 17.1 Å². The number of nitrogens with one attached hydrogen (secondary N) is 1. The summed E-state index contributed by atoms with van der Waals surface area (Å²) in [7, 11) is -3.85. The molecule has 2 aromatic rings. The SMILES string of the molecule is CCOC(=O)c1cccc(NS(=O)(=O)c2ccc3c(c2)CC(C)N3C(=O)C2CC2)c1. The summed E-state index contributed by atoms with van der Waals surface area (Å²) in [5.74, 6) is -0.272. The average Bonchev–Trinajstić information content (AvgIpc) is 3.49. The molecule has 0 bridgehead atoms. The van der Waals surface area contributed by atoms with Crippen LogP contribution in [0.15, 0.2) is 47.4 Å². The Morgan fingerprint density at radius 2 is 1.93 bits per heavy atom. The molecule has 158 valence electrons. The van der Waals surface area contributed by atoms with Gasteiger partial charge in [-0.15, -0.1) is 0 Å². The highest BCUT2D eigenvalue weighted by Gasteiger charge is 2.39. The second-order valence-electron chi connectivity index (χ2n) is 7.73. The zero-order valence-corrected chi connectivity index (χ0v) is 17.7. The summed E-state index contributed by atoms with van der Waals surface area (Å²) in [6.07, 6.45) is 2.48. The molecule has 1 amide bonds. The lowest BCUT2D eigenvalue weighted by Gasteiger charge is -2.22. The van der Waals surface area contributed by atoms with Gasteiger partial charge in [-0.3, -0.25) is 9.52 Å². The number of carbonyl (C=O) groups excluding carboxylic acids is 2. The van der Waals surface area contributed by atoms with Gasteiger partial charge in [-0.1, -0.05) is 6.07 Å². The number of anilines is 2. The van der Waals surface area contributed by atoms with E-state index in [4.69, 9.17) is 4.74 Å². The van der Waals surface area contributed by atoms with Gasteiger partial charge in [-0.2, -0.15) is 0 Å². The number of rotatable bonds is 6. The van der Waals surface area contributed by atoms with Crippen LogP contribution in [0.3, 0.4) is 0 Å². The molecule has 30 heavy (non-hydrogen) atoms. The normalized spacial score (nSPS) is 18.1. The maximum Gasteiger partial charge on any atom is 0.338 e. The van der Waals surface area contributed by atoms with E-state index < -0.39 is 16.0 Å². The van der Waals surface area contributed by atoms with E-state index in [0.29, 0.717) is 6.42 Å². The number of benzene rings is 2. The molecule has 8 heteroatoms. The van der Waals surface area contributed by atoms with Gasteiger partial charge in [-0.25, -0.2) is 13.2 Å². The van der Waals surface area contributed by atoms with E-state index in [9.17, 15) is 18.0 Å². The van der Waals surface area contributed by atoms with Gasteiger partial charge in [0.2, 0.25) is 5.91 Å². The summed E-state index contributed by atoms with van der Waals surface area (Å²) >= 11 is 0. The minimum absolute atomic E-state index is 0.0141. The monoisotopic (exact) mass is 428 g/mol. The first kappa shape index (κ1) is 20.4. The summed E-state index contributed by atoms with van der Waals surface area (Å²) in [4.78, 5) is 26.4. The highest BCUT2D eigenvalue weighted by atomic mass is 32.2. The maximum atomic E-state index is 12.9. The van der Waals surface area contributed by atoms with Gasteiger partial charge in [0.25, 0.3) is 10.0 Å². The molecular formula is C22H24N2O5S.